The molecule has 0 saturated carbocycles. The number of rotatable bonds is 3. The lowest BCUT2D eigenvalue weighted by atomic mass is 9.94. The number of hydrogen-bond acceptors (Lipinski definition) is 4. The van der Waals surface area contributed by atoms with E-state index < -0.39 is 4.92 Å². The van der Waals surface area contributed by atoms with Gasteiger partial charge in [0.15, 0.2) is 0 Å². The van der Waals surface area contributed by atoms with Crippen molar-refractivity contribution in [3.63, 3.8) is 0 Å². The van der Waals surface area contributed by atoms with Crippen LogP contribution in [0.5, 0.6) is 0 Å². The molecule has 2 unspecified atom stereocenters. The first-order valence-electron chi connectivity index (χ1n) is 6.38. The van der Waals surface area contributed by atoms with Gasteiger partial charge in [0.25, 0.3) is 5.69 Å². The highest BCUT2D eigenvalue weighted by atomic mass is 35.5. The molecule has 2 rings (SSSR count). The molecule has 0 aromatic heterocycles. The third-order valence-corrected chi connectivity index (χ3v) is 4.05. The topological polar surface area (TPSA) is 72.4 Å². The third-order valence-electron chi connectivity index (χ3n) is 3.70. The van der Waals surface area contributed by atoms with Gasteiger partial charge in [0.05, 0.1) is 9.95 Å². The van der Waals surface area contributed by atoms with E-state index in [9.17, 15) is 10.1 Å². The Kier molecular flexibility index (Phi) is 6.20. The molecule has 1 aliphatic rings. The minimum atomic E-state index is -0.433. The Morgan fingerprint density at radius 3 is 2.80 bits per heavy atom. The third kappa shape index (κ3) is 4.06. The Morgan fingerprint density at radius 2 is 2.25 bits per heavy atom. The highest BCUT2D eigenvalue weighted by Crippen LogP contribution is 2.25. The molecule has 7 heteroatoms. The normalized spacial score (nSPS) is 23.1. The van der Waals surface area contributed by atoms with Crippen LogP contribution < -0.4 is 5.73 Å². The smallest absolute Gasteiger partial charge is 0.270 e. The van der Waals surface area contributed by atoms with Gasteiger partial charge in [0.2, 0.25) is 0 Å². The summed E-state index contributed by atoms with van der Waals surface area (Å²) >= 11 is 6.10. The average molecular weight is 320 g/mol. The van der Waals surface area contributed by atoms with E-state index >= 15 is 0 Å². The van der Waals surface area contributed by atoms with E-state index in [1.807, 2.05) is 0 Å². The second kappa shape index (κ2) is 7.22. The van der Waals surface area contributed by atoms with Crippen LogP contribution >= 0.6 is 24.0 Å². The molecule has 1 heterocycles. The van der Waals surface area contributed by atoms with E-state index in [0.717, 1.165) is 25.1 Å². The largest absolute Gasteiger partial charge is 0.327 e. The van der Waals surface area contributed by atoms with Crippen molar-refractivity contribution in [3.8, 4) is 0 Å². The molecule has 1 aromatic carbocycles. The van der Waals surface area contributed by atoms with Crippen molar-refractivity contribution in [1.82, 2.24) is 4.90 Å². The molecule has 20 heavy (non-hydrogen) atoms. The predicted molar refractivity (Wildman–Crippen MR) is 82.4 cm³/mol. The molecule has 112 valence electrons. The Morgan fingerprint density at radius 1 is 1.55 bits per heavy atom. The molecule has 1 aromatic rings. The lowest BCUT2D eigenvalue weighted by Gasteiger charge is -2.35. The zero-order valence-corrected chi connectivity index (χ0v) is 12.9. The molecule has 2 atom stereocenters. The number of nitro groups is 1. The van der Waals surface area contributed by atoms with Crippen molar-refractivity contribution in [2.75, 3.05) is 13.1 Å². The van der Waals surface area contributed by atoms with Crippen LogP contribution in [0.3, 0.4) is 0 Å². The zero-order chi connectivity index (χ0) is 14.0. The van der Waals surface area contributed by atoms with Gasteiger partial charge in [0.1, 0.15) is 0 Å². The van der Waals surface area contributed by atoms with Gasteiger partial charge in [-0.2, -0.15) is 0 Å². The Bertz CT molecular complexity index is 485. The van der Waals surface area contributed by atoms with E-state index in [1.54, 1.807) is 6.07 Å². The van der Waals surface area contributed by atoms with Gasteiger partial charge in [-0.1, -0.05) is 18.5 Å². The van der Waals surface area contributed by atoms with Gasteiger partial charge in [-0.15, -0.1) is 12.4 Å². The fourth-order valence-corrected chi connectivity index (χ4v) is 2.65. The molecular weight excluding hydrogens is 301 g/mol. The molecule has 2 N–H and O–H groups in total. The molecule has 0 amide bonds. The Hall–Kier alpha value is -0.880. The van der Waals surface area contributed by atoms with Crippen LogP contribution in [0.2, 0.25) is 5.02 Å². The number of benzene rings is 1. The summed E-state index contributed by atoms with van der Waals surface area (Å²) < 4.78 is 0. The molecule has 0 radical (unpaired) electrons. The molecule has 0 aliphatic carbocycles. The quantitative estimate of drug-likeness (QED) is 0.686. The first kappa shape index (κ1) is 17.2. The van der Waals surface area contributed by atoms with Crippen LogP contribution in [0.15, 0.2) is 18.2 Å². The SMILES string of the molecule is CC1CN(Cc2ccc([N+](=O)[O-])cc2Cl)CCC1N.Cl. The van der Waals surface area contributed by atoms with Crippen molar-refractivity contribution in [1.29, 1.82) is 0 Å². The molecule has 1 aliphatic heterocycles. The van der Waals surface area contributed by atoms with Crippen LogP contribution in [-0.2, 0) is 6.54 Å². The van der Waals surface area contributed by atoms with Gasteiger partial charge >= 0.3 is 0 Å². The highest BCUT2D eigenvalue weighted by molar-refractivity contribution is 6.31. The molecule has 1 saturated heterocycles. The number of nitrogens with two attached hydrogens (primary N) is 1. The minimum Gasteiger partial charge on any atom is -0.327 e. The lowest BCUT2D eigenvalue weighted by Crippen LogP contribution is -2.45. The standard InChI is InChI=1S/C13H18ClN3O2.ClH/c1-9-7-16(5-4-13(9)15)8-10-2-3-11(17(18)19)6-12(10)14;/h2-3,6,9,13H,4-5,7-8,15H2,1H3;1H. The summed E-state index contributed by atoms with van der Waals surface area (Å²) in [6.07, 6.45) is 0.978. The summed E-state index contributed by atoms with van der Waals surface area (Å²) in [5, 5.41) is 11.1. The maximum absolute atomic E-state index is 10.7. The second-order valence-electron chi connectivity index (χ2n) is 5.20. The van der Waals surface area contributed by atoms with E-state index in [-0.39, 0.29) is 24.1 Å². The number of likely N-dealkylation sites (tertiary alicyclic amines) is 1. The summed E-state index contributed by atoms with van der Waals surface area (Å²) in [7, 11) is 0. The Labute approximate surface area is 129 Å². The first-order valence-corrected chi connectivity index (χ1v) is 6.76. The summed E-state index contributed by atoms with van der Waals surface area (Å²) in [6, 6.07) is 4.92. The molecular formula is C13H19Cl2N3O2. The van der Waals surface area contributed by atoms with E-state index in [1.165, 1.54) is 12.1 Å². The molecule has 5 nitrogen and oxygen atoms in total. The van der Waals surface area contributed by atoms with Crippen molar-refractivity contribution >= 4 is 29.7 Å². The van der Waals surface area contributed by atoms with Crippen LogP contribution in [0.25, 0.3) is 0 Å². The summed E-state index contributed by atoms with van der Waals surface area (Å²) in [6.45, 7) is 4.75. The summed E-state index contributed by atoms with van der Waals surface area (Å²) in [5.41, 5.74) is 6.95. The van der Waals surface area contributed by atoms with Crippen LogP contribution in [0, 0.1) is 16.0 Å². The van der Waals surface area contributed by atoms with E-state index in [2.05, 4.69) is 11.8 Å². The lowest BCUT2D eigenvalue weighted by molar-refractivity contribution is -0.384. The molecule has 0 spiro atoms. The number of piperidine rings is 1. The van der Waals surface area contributed by atoms with Gasteiger partial charge < -0.3 is 5.73 Å². The highest BCUT2D eigenvalue weighted by Gasteiger charge is 2.23. The van der Waals surface area contributed by atoms with Crippen LogP contribution in [0.1, 0.15) is 18.9 Å². The maximum atomic E-state index is 10.7. The minimum absolute atomic E-state index is 0. The predicted octanol–water partition coefficient (Wildman–Crippen LogP) is 2.84. The van der Waals surface area contributed by atoms with Crippen molar-refractivity contribution in [2.45, 2.75) is 25.9 Å². The monoisotopic (exact) mass is 319 g/mol. The zero-order valence-electron chi connectivity index (χ0n) is 11.3. The van der Waals surface area contributed by atoms with Crippen molar-refractivity contribution in [2.24, 2.45) is 11.7 Å². The van der Waals surface area contributed by atoms with Gasteiger partial charge in [-0.3, -0.25) is 15.0 Å². The maximum Gasteiger partial charge on any atom is 0.270 e. The summed E-state index contributed by atoms with van der Waals surface area (Å²) in [4.78, 5) is 12.5. The molecule has 0 bridgehead atoms. The van der Waals surface area contributed by atoms with Crippen LogP contribution in [0.4, 0.5) is 5.69 Å². The number of nitro benzene ring substituents is 1. The average Bonchev–Trinajstić information content (AvgIpc) is 2.36. The van der Waals surface area contributed by atoms with E-state index in [4.69, 9.17) is 17.3 Å². The fraction of sp³-hybridized carbons (Fsp3) is 0.538. The number of non-ortho nitro benzene ring substituents is 1. The molecule has 1 fully saturated rings. The van der Waals surface area contributed by atoms with Gasteiger partial charge in [-0.05, 0) is 30.5 Å². The van der Waals surface area contributed by atoms with Gasteiger partial charge in [-0.25, -0.2) is 0 Å². The summed E-state index contributed by atoms with van der Waals surface area (Å²) in [5.74, 6) is 0.463. The van der Waals surface area contributed by atoms with Gasteiger partial charge in [0, 0.05) is 31.3 Å². The number of halogens is 2. The second-order valence-corrected chi connectivity index (χ2v) is 5.60. The van der Waals surface area contributed by atoms with Crippen molar-refractivity contribution in [3.05, 3.63) is 38.9 Å². The van der Waals surface area contributed by atoms with E-state index in [0.29, 0.717) is 17.5 Å². The Balaban J connectivity index is 0.00000200. The first-order chi connectivity index (χ1) is 8.97. The van der Waals surface area contributed by atoms with Crippen LogP contribution in [-0.4, -0.2) is 29.0 Å². The van der Waals surface area contributed by atoms with Crippen molar-refractivity contribution < 1.29 is 4.92 Å². The number of nitrogens with zero attached hydrogens (tertiary/aromatic N) is 2. The number of hydrogen-bond donors (Lipinski definition) is 1. The fourth-order valence-electron chi connectivity index (χ4n) is 2.41.